The molecule has 0 spiro atoms. The van der Waals surface area contributed by atoms with Crippen LogP contribution in [0.3, 0.4) is 0 Å². The van der Waals surface area contributed by atoms with Crippen LogP contribution in [0.15, 0.2) is 23.8 Å². The first-order valence-electron chi connectivity index (χ1n) is 3.87. The summed E-state index contributed by atoms with van der Waals surface area (Å²) in [6.07, 6.45) is 6.61. The third-order valence-electron chi connectivity index (χ3n) is 1.25. The monoisotopic (exact) mass is 173 g/mol. The quantitative estimate of drug-likeness (QED) is 0.502. The fraction of sp³-hybridized carbons (Fsp3) is 0.556. The highest BCUT2D eigenvalue weighted by molar-refractivity contribution is 6.29. The minimum absolute atomic E-state index is 0.155. The lowest BCUT2D eigenvalue weighted by atomic mass is 10.2. The van der Waals surface area contributed by atoms with E-state index in [0.29, 0.717) is 0 Å². The molecule has 0 rings (SSSR count). The van der Waals surface area contributed by atoms with Gasteiger partial charge in [-0.2, -0.15) is 0 Å². The summed E-state index contributed by atoms with van der Waals surface area (Å²) in [5.41, 5.74) is 5.55. The zero-order valence-electron chi connectivity index (χ0n) is 7.02. The minimum Gasteiger partial charge on any atom is -0.328 e. The van der Waals surface area contributed by atoms with E-state index in [9.17, 15) is 0 Å². The van der Waals surface area contributed by atoms with E-state index in [4.69, 9.17) is 17.3 Å². The molecule has 2 N–H and O–H groups in total. The third-order valence-corrected chi connectivity index (χ3v) is 1.56. The van der Waals surface area contributed by atoms with Crippen molar-refractivity contribution in [2.45, 2.75) is 32.2 Å². The predicted octanol–water partition coefficient (Wildman–Crippen LogP) is 2.81. The number of unbranched alkanes of at least 4 members (excludes halogenated alkanes) is 1. The number of hydrogen-bond acceptors (Lipinski definition) is 1. The molecular weight excluding hydrogens is 158 g/mol. The lowest BCUT2D eigenvalue weighted by molar-refractivity contribution is 0.747. The molecule has 0 amide bonds. The Bertz CT molecular complexity index is 138. The maximum Gasteiger partial charge on any atom is 0.0156 e. The van der Waals surface area contributed by atoms with Gasteiger partial charge in [0.25, 0.3) is 0 Å². The van der Waals surface area contributed by atoms with Gasteiger partial charge in [-0.05, 0) is 26.2 Å². The molecule has 2 heteroatoms. The first kappa shape index (κ1) is 10.7. The van der Waals surface area contributed by atoms with Crippen molar-refractivity contribution in [2.24, 2.45) is 5.73 Å². The average molecular weight is 174 g/mol. The van der Waals surface area contributed by atoms with Crippen LogP contribution in [0.2, 0.25) is 0 Å². The van der Waals surface area contributed by atoms with Gasteiger partial charge >= 0.3 is 0 Å². The second-order valence-corrected chi connectivity index (χ2v) is 3.18. The molecule has 0 aliphatic carbocycles. The van der Waals surface area contributed by atoms with E-state index < -0.39 is 0 Å². The minimum atomic E-state index is 0.155. The van der Waals surface area contributed by atoms with Crippen LogP contribution in [0, 0.1) is 0 Å². The van der Waals surface area contributed by atoms with Crippen LogP contribution in [0.1, 0.15) is 26.2 Å². The Hall–Kier alpha value is -0.270. The van der Waals surface area contributed by atoms with E-state index >= 15 is 0 Å². The molecule has 0 heterocycles. The van der Waals surface area contributed by atoms with Crippen molar-refractivity contribution in [3.8, 4) is 0 Å². The summed E-state index contributed by atoms with van der Waals surface area (Å²) < 4.78 is 0. The molecule has 0 aliphatic heterocycles. The standard InChI is InChI=1S/C9H16ClN/c1-3-4-5-6-9(10)7-8(2)11/h3,6,8H,1,4-5,7,11H2,2H3/b9-6-. The Morgan fingerprint density at radius 3 is 2.73 bits per heavy atom. The van der Waals surface area contributed by atoms with E-state index in [-0.39, 0.29) is 6.04 Å². The summed E-state index contributed by atoms with van der Waals surface area (Å²) in [7, 11) is 0. The third kappa shape index (κ3) is 7.63. The highest BCUT2D eigenvalue weighted by Crippen LogP contribution is 2.10. The summed E-state index contributed by atoms with van der Waals surface area (Å²) >= 11 is 5.86. The van der Waals surface area contributed by atoms with Crippen molar-refractivity contribution < 1.29 is 0 Å². The smallest absolute Gasteiger partial charge is 0.0156 e. The van der Waals surface area contributed by atoms with Crippen molar-refractivity contribution >= 4 is 11.6 Å². The molecule has 0 fully saturated rings. The summed E-state index contributed by atoms with van der Waals surface area (Å²) in [6, 6.07) is 0.155. The van der Waals surface area contributed by atoms with Gasteiger partial charge < -0.3 is 5.73 Å². The van der Waals surface area contributed by atoms with E-state index in [1.807, 2.05) is 19.1 Å². The maximum atomic E-state index is 5.86. The van der Waals surface area contributed by atoms with Crippen molar-refractivity contribution in [3.63, 3.8) is 0 Å². The van der Waals surface area contributed by atoms with Gasteiger partial charge in [0.2, 0.25) is 0 Å². The molecule has 0 saturated carbocycles. The first-order valence-corrected chi connectivity index (χ1v) is 4.25. The van der Waals surface area contributed by atoms with E-state index in [1.165, 1.54) is 0 Å². The number of nitrogens with two attached hydrogens (primary N) is 1. The van der Waals surface area contributed by atoms with Crippen LogP contribution in [0.25, 0.3) is 0 Å². The molecule has 0 radical (unpaired) electrons. The van der Waals surface area contributed by atoms with E-state index in [0.717, 1.165) is 24.3 Å². The molecule has 0 aromatic carbocycles. The molecule has 1 unspecified atom stereocenters. The van der Waals surface area contributed by atoms with Gasteiger partial charge in [-0.25, -0.2) is 0 Å². The average Bonchev–Trinajstić information content (AvgIpc) is 1.86. The molecule has 0 bridgehead atoms. The van der Waals surface area contributed by atoms with Crippen LogP contribution < -0.4 is 5.73 Å². The molecular formula is C9H16ClN. The zero-order chi connectivity index (χ0) is 8.69. The molecule has 0 aliphatic rings. The van der Waals surface area contributed by atoms with Gasteiger partial charge in [-0.3, -0.25) is 0 Å². The van der Waals surface area contributed by atoms with Gasteiger partial charge in [0.1, 0.15) is 0 Å². The molecule has 64 valence electrons. The van der Waals surface area contributed by atoms with E-state index in [1.54, 1.807) is 0 Å². The van der Waals surface area contributed by atoms with E-state index in [2.05, 4.69) is 6.58 Å². The second kappa shape index (κ2) is 6.44. The summed E-state index contributed by atoms with van der Waals surface area (Å²) in [4.78, 5) is 0. The summed E-state index contributed by atoms with van der Waals surface area (Å²) in [5, 5.41) is 0.863. The maximum absolute atomic E-state index is 5.86. The SMILES string of the molecule is C=CCC/C=C(\Cl)CC(C)N. The molecule has 1 nitrogen and oxygen atoms in total. The largest absolute Gasteiger partial charge is 0.328 e. The van der Waals surface area contributed by atoms with Crippen LogP contribution in [0.4, 0.5) is 0 Å². The molecule has 0 aromatic rings. The van der Waals surface area contributed by atoms with Gasteiger partial charge in [0.05, 0.1) is 0 Å². The number of allylic oxidation sites excluding steroid dienone is 2. The normalized spacial score (nSPS) is 14.6. The van der Waals surface area contributed by atoms with Gasteiger partial charge in [-0.15, -0.1) is 6.58 Å². The Balaban J connectivity index is 3.53. The van der Waals surface area contributed by atoms with Crippen LogP contribution in [0.5, 0.6) is 0 Å². The fourth-order valence-electron chi connectivity index (χ4n) is 0.749. The number of halogens is 1. The Kier molecular flexibility index (Phi) is 6.28. The lowest BCUT2D eigenvalue weighted by Crippen LogP contribution is -2.14. The fourth-order valence-corrected chi connectivity index (χ4v) is 1.10. The topological polar surface area (TPSA) is 26.0 Å². The highest BCUT2D eigenvalue weighted by atomic mass is 35.5. The van der Waals surface area contributed by atoms with Gasteiger partial charge in [0, 0.05) is 11.1 Å². The molecule has 0 saturated heterocycles. The zero-order valence-corrected chi connectivity index (χ0v) is 7.77. The van der Waals surface area contributed by atoms with Crippen molar-refractivity contribution in [2.75, 3.05) is 0 Å². The van der Waals surface area contributed by atoms with Gasteiger partial charge in [0.15, 0.2) is 0 Å². The number of rotatable bonds is 5. The molecule has 1 atom stereocenters. The molecule has 0 aromatic heterocycles. The summed E-state index contributed by atoms with van der Waals surface area (Å²) in [6.45, 7) is 5.57. The number of hydrogen-bond donors (Lipinski definition) is 1. The lowest BCUT2D eigenvalue weighted by Gasteiger charge is -2.01. The van der Waals surface area contributed by atoms with Crippen LogP contribution in [-0.4, -0.2) is 6.04 Å². The van der Waals surface area contributed by atoms with Crippen LogP contribution >= 0.6 is 11.6 Å². The van der Waals surface area contributed by atoms with Gasteiger partial charge in [-0.1, -0.05) is 23.8 Å². The Morgan fingerprint density at radius 2 is 2.27 bits per heavy atom. The van der Waals surface area contributed by atoms with Crippen molar-refractivity contribution in [1.82, 2.24) is 0 Å². The highest BCUT2D eigenvalue weighted by Gasteiger charge is 1.96. The Labute approximate surface area is 73.9 Å². The van der Waals surface area contributed by atoms with Crippen molar-refractivity contribution in [1.29, 1.82) is 0 Å². The van der Waals surface area contributed by atoms with Crippen LogP contribution in [-0.2, 0) is 0 Å². The summed E-state index contributed by atoms with van der Waals surface area (Å²) in [5.74, 6) is 0. The molecule has 11 heavy (non-hydrogen) atoms. The van der Waals surface area contributed by atoms with Crippen molar-refractivity contribution in [3.05, 3.63) is 23.8 Å². The first-order chi connectivity index (χ1) is 5.16. The second-order valence-electron chi connectivity index (χ2n) is 2.70. The predicted molar refractivity (Wildman–Crippen MR) is 51.6 cm³/mol. The Morgan fingerprint density at radius 1 is 1.64 bits per heavy atom.